The molecular formula is C11H9BrF2N4O2. The number of hydrogen-bond donors (Lipinski definition) is 2. The van der Waals surface area contributed by atoms with Gasteiger partial charge in [-0.15, -0.1) is 5.10 Å². The third-order valence-electron chi connectivity index (χ3n) is 2.41. The number of carbonyl (C=O) groups is 1. The maximum Gasteiger partial charge on any atom is 0.358 e. The van der Waals surface area contributed by atoms with Gasteiger partial charge in [-0.25, -0.2) is 18.3 Å². The van der Waals surface area contributed by atoms with Gasteiger partial charge < -0.3 is 10.4 Å². The second-order valence-electron chi connectivity index (χ2n) is 3.84. The number of hydrogen-bond acceptors (Lipinski definition) is 4. The van der Waals surface area contributed by atoms with Gasteiger partial charge in [-0.2, -0.15) is 0 Å². The third-order valence-corrected chi connectivity index (χ3v) is 2.87. The van der Waals surface area contributed by atoms with Gasteiger partial charge in [0.15, 0.2) is 5.69 Å². The molecule has 20 heavy (non-hydrogen) atoms. The summed E-state index contributed by atoms with van der Waals surface area (Å²) in [4.78, 5) is 10.6. The highest BCUT2D eigenvalue weighted by Gasteiger charge is 2.11. The fraction of sp³-hybridized carbons (Fsp3) is 0.182. The van der Waals surface area contributed by atoms with Gasteiger partial charge >= 0.3 is 5.97 Å². The topological polar surface area (TPSA) is 80.0 Å². The van der Waals surface area contributed by atoms with Gasteiger partial charge in [-0.05, 0) is 12.1 Å². The van der Waals surface area contributed by atoms with Crippen molar-refractivity contribution < 1.29 is 18.7 Å². The lowest BCUT2D eigenvalue weighted by atomic mass is 10.3. The molecule has 0 saturated carbocycles. The Bertz CT molecular complexity index is 624. The van der Waals surface area contributed by atoms with E-state index in [1.807, 2.05) is 0 Å². The van der Waals surface area contributed by atoms with Crippen LogP contribution in [0.15, 0.2) is 22.8 Å². The first-order chi connectivity index (χ1) is 9.47. The van der Waals surface area contributed by atoms with Crippen molar-refractivity contribution in [2.45, 2.75) is 6.54 Å². The van der Waals surface area contributed by atoms with Gasteiger partial charge in [0.1, 0.15) is 17.3 Å². The minimum atomic E-state index is -1.19. The molecule has 9 heteroatoms. The first-order valence-corrected chi connectivity index (χ1v) is 6.28. The fourth-order valence-corrected chi connectivity index (χ4v) is 1.91. The molecule has 0 aliphatic carbocycles. The van der Waals surface area contributed by atoms with E-state index in [0.717, 1.165) is 12.1 Å². The summed E-state index contributed by atoms with van der Waals surface area (Å²) in [5, 5.41) is 18.3. The van der Waals surface area contributed by atoms with Crippen LogP contribution in [0.25, 0.3) is 0 Å². The van der Waals surface area contributed by atoms with E-state index in [0.29, 0.717) is 4.47 Å². The largest absolute Gasteiger partial charge is 0.476 e. The summed E-state index contributed by atoms with van der Waals surface area (Å²) < 4.78 is 28.6. The molecule has 2 aromatic rings. The van der Waals surface area contributed by atoms with Gasteiger partial charge in [-0.1, -0.05) is 21.1 Å². The third kappa shape index (κ3) is 3.29. The summed E-state index contributed by atoms with van der Waals surface area (Å²) in [5.41, 5.74) is -0.433. The first kappa shape index (κ1) is 14.4. The van der Waals surface area contributed by atoms with Crippen molar-refractivity contribution in [2.24, 2.45) is 0 Å². The Kier molecular flexibility index (Phi) is 4.28. The molecule has 0 unspecified atom stereocenters. The Balaban J connectivity index is 1.97. The maximum atomic E-state index is 13.5. The van der Waals surface area contributed by atoms with Crippen molar-refractivity contribution >= 4 is 27.6 Å². The van der Waals surface area contributed by atoms with Gasteiger partial charge in [0.2, 0.25) is 0 Å². The molecule has 0 fully saturated rings. The van der Waals surface area contributed by atoms with Crippen LogP contribution in [0.4, 0.5) is 14.5 Å². The minimum absolute atomic E-state index is 0.165. The van der Waals surface area contributed by atoms with Crippen molar-refractivity contribution in [3.63, 3.8) is 0 Å². The van der Waals surface area contributed by atoms with Gasteiger partial charge in [-0.3, -0.25) is 0 Å². The molecule has 0 bridgehead atoms. The van der Waals surface area contributed by atoms with E-state index in [4.69, 9.17) is 5.11 Å². The lowest BCUT2D eigenvalue weighted by Gasteiger charge is -2.08. The number of anilines is 1. The highest BCUT2D eigenvalue weighted by molar-refractivity contribution is 9.10. The molecule has 0 saturated heterocycles. The molecule has 1 aromatic carbocycles. The fourth-order valence-electron chi connectivity index (χ4n) is 1.51. The molecule has 0 aliphatic rings. The summed E-state index contributed by atoms with van der Waals surface area (Å²) in [7, 11) is 0. The van der Waals surface area contributed by atoms with E-state index < -0.39 is 17.6 Å². The molecule has 1 heterocycles. The molecule has 2 N–H and O–H groups in total. The molecule has 0 atom stereocenters. The predicted octanol–water partition coefficient (Wildman–Crippen LogP) is 2.13. The van der Waals surface area contributed by atoms with Crippen LogP contribution in [0.2, 0.25) is 0 Å². The number of halogens is 3. The van der Waals surface area contributed by atoms with E-state index in [2.05, 4.69) is 31.6 Å². The summed E-state index contributed by atoms with van der Waals surface area (Å²) in [5.74, 6) is -2.63. The van der Waals surface area contributed by atoms with E-state index in [1.54, 1.807) is 0 Å². The molecular weight excluding hydrogens is 338 g/mol. The average molecular weight is 347 g/mol. The van der Waals surface area contributed by atoms with E-state index in [1.165, 1.54) is 10.9 Å². The number of carboxylic acid groups (broad SMARTS) is 1. The predicted molar refractivity (Wildman–Crippen MR) is 69.5 cm³/mol. The van der Waals surface area contributed by atoms with E-state index in [9.17, 15) is 13.6 Å². The lowest BCUT2D eigenvalue weighted by Crippen LogP contribution is -2.13. The zero-order chi connectivity index (χ0) is 14.7. The zero-order valence-electron chi connectivity index (χ0n) is 9.98. The van der Waals surface area contributed by atoms with Gasteiger partial charge in [0.25, 0.3) is 0 Å². The second-order valence-corrected chi connectivity index (χ2v) is 4.76. The van der Waals surface area contributed by atoms with Crippen molar-refractivity contribution in [1.82, 2.24) is 15.0 Å². The summed E-state index contributed by atoms with van der Waals surface area (Å²) >= 11 is 2.98. The van der Waals surface area contributed by atoms with Crippen LogP contribution < -0.4 is 5.32 Å². The molecule has 0 aliphatic heterocycles. The molecule has 0 spiro atoms. The summed E-state index contributed by atoms with van der Waals surface area (Å²) in [6.07, 6.45) is 1.23. The molecule has 0 radical (unpaired) electrons. The summed E-state index contributed by atoms with van der Waals surface area (Å²) in [6.45, 7) is 0.382. The summed E-state index contributed by atoms with van der Waals surface area (Å²) in [6, 6.07) is 2.28. The van der Waals surface area contributed by atoms with Crippen LogP contribution in [-0.2, 0) is 6.54 Å². The van der Waals surface area contributed by atoms with Crippen LogP contribution in [0, 0.1) is 11.6 Å². The SMILES string of the molecule is O=C(O)c1cn(CCNc2c(F)cc(Br)cc2F)nn1. The van der Waals surface area contributed by atoms with Crippen LogP contribution in [-0.4, -0.2) is 32.6 Å². The Morgan fingerprint density at radius 1 is 1.40 bits per heavy atom. The number of nitrogens with one attached hydrogen (secondary N) is 1. The Morgan fingerprint density at radius 2 is 2.05 bits per heavy atom. The first-order valence-electron chi connectivity index (χ1n) is 5.49. The van der Waals surface area contributed by atoms with Gasteiger partial charge in [0, 0.05) is 11.0 Å². The number of benzene rings is 1. The molecule has 2 rings (SSSR count). The number of aromatic carboxylic acids is 1. The molecule has 1 aromatic heterocycles. The van der Waals surface area contributed by atoms with Crippen LogP contribution in [0.5, 0.6) is 0 Å². The monoisotopic (exact) mass is 346 g/mol. The standard InChI is InChI=1S/C11H9BrF2N4O2/c12-6-3-7(13)10(8(14)4-6)15-1-2-18-5-9(11(19)20)16-17-18/h3-5,15H,1-2H2,(H,19,20). The van der Waals surface area contributed by atoms with Crippen molar-refractivity contribution in [2.75, 3.05) is 11.9 Å². The minimum Gasteiger partial charge on any atom is -0.476 e. The molecule has 6 nitrogen and oxygen atoms in total. The number of rotatable bonds is 5. The highest BCUT2D eigenvalue weighted by Crippen LogP contribution is 2.23. The van der Waals surface area contributed by atoms with Crippen molar-refractivity contribution in [1.29, 1.82) is 0 Å². The lowest BCUT2D eigenvalue weighted by molar-refractivity contribution is 0.0690. The van der Waals surface area contributed by atoms with Crippen LogP contribution >= 0.6 is 15.9 Å². The number of aromatic nitrogens is 3. The molecule has 106 valence electrons. The average Bonchev–Trinajstić information content (AvgIpc) is 2.81. The second kappa shape index (κ2) is 5.95. The zero-order valence-corrected chi connectivity index (χ0v) is 11.6. The molecule has 0 amide bonds. The van der Waals surface area contributed by atoms with Crippen LogP contribution in [0.1, 0.15) is 10.5 Å². The van der Waals surface area contributed by atoms with Crippen molar-refractivity contribution in [3.05, 3.63) is 40.1 Å². The Morgan fingerprint density at radius 3 is 2.60 bits per heavy atom. The highest BCUT2D eigenvalue weighted by atomic mass is 79.9. The van der Waals surface area contributed by atoms with E-state index >= 15 is 0 Å². The normalized spacial score (nSPS) is 10.6. The van der Waals surface area contributed by atoms with Crippen LogP contribution in [0.3, 0.4) is 0 Å². The number of carboxylic acids is 1. The maximum absolute atomic E-state index is 13.5. The number of nitrogens with zero attached hydrogens (tertiary/aromatic N) is 3. The quantitative estimate of drug-likeness (QED) is 0.866. The van der Waals surface area contributed by atoms with Gasteiger partial charge in [0.05, 0.1) is 12.7 Å². The Hall–Kier alpha value is -2.03. The smallest absolute Gasteiger partial charge is 0.358 e. The van der Waals surface area contributed by atoms with E-state index in [-0.39, 0.29) is 24.5 Å². The van der Waals surface area contributed by atoms with Crippen molar-refractivity contribution in [3.8, 4) is 0 Å². The Labute approximate surface area is 120 Å².